The predicted molar refractivity (Wildman–Crippen MR) is 152 cm³/mol. The zero-order chi connectivity index (χ0) is 28.2. The molecule has 6 rings (SSSR count). The van der Waals surface area contributed by atoms with Crippen LogP contribution in [0.4, 0.5) is 17.2 Å². The first kappa shape index (κ1) is 26.5. The lowest BCUT2D eigenvalue weighted by molar-refractivity contribution is -0.117. The van der Waals surface area contributed by atoms with Crippen LogP contribution in [0.5, 0.6) is 0 Å². The van der Waals surface area contributed by atoms with Crippen molar-refractivity contribution in [1.82, 2.24) is 24.3 Å². The molecule has 2 aliphatic rings. The van der Waals surface area contributed by atoms with Crippen LogP contribution < -0.4 is 10.6 Å². The lowest BCUT2D eigenvalue weighted by atomic mass is 10.1. The lowest BCUT2D eigenvalue weighted by Gasteiger charge is -2.25. The first-order valence-electron chi connectivity index (χ1n) is 13.5. The normalized spacial score (nSPS) is 17.8. The van der Waals surface area contributed by atoms with E-state index in [1.165, 1.54) is 6.26 Å². The summed E-state index contributed by atoms with van der Waals surface area (Å²) in [6.45, 7) is 4.50. The Labute approximate surface area is 232 Å². The van der Waals surface area contributed by atoms with Gasteiger partial charge in [-0.25, -0.2) is 18.4 Å². The number of sulfone groups is 1. The highest BCUT2D eigenvalue weighted by Gasteiger charge is 2.31. The summed E-state index contributed by atoms with van der Waals surface area (Å²) >= 11 is 0. The molecule has 1 aliphatic heterocycles. The highest BCUT2D eigenvalue weighted by molar-refractivity contribution is 7.90. The Bertz CT molecular complexity index is 1710. The molecule has 1 aromatic carbocycles. The van der Waals surface area contributed by atoms with E-state index in [1.807, 2.05) is 37.6 Å². The van der Waals surface area contributed by atoms with Crippen LogP contribution in [0.25, 0.3) is 22.4 Å². The van der Waals surface area contributed by atoms with Crippen molar-refractivity contribution < 1.29 is 17.9 Å². The molecule has 1 saturated carbocycles. The van der Waals surface area contributed by atoms with E-state index in [9.17, 15) is 13.2 Å². The molecule has 4 heterocycles. The second kappa shape index (κ2) is 10.0. The fraction of sp³-hybridized carbons (Fsp3) is 0.429. The number of ether oxygens (including phenoxy) is 1. The standard InChI is InChI=1S/C28H33N7O4S/c1-16-13-21(33-34(16)3)19-10-11-20(23(14-19)40(4,37)38)30-22-15-24(32-28(36)18-8-9-18)31-27-26(22)29-17(2)35(27)25-7-5-6-12-39-25/h10-11,13-15,18,25H,5-9,12H2,1-4H3,(H2,30,31,32,36). The fourth-order valence-electron chi connectivity index (χ4n) is 5.12. The average Bonchev–Trinajstić information content (AvgIpc) is 3.64. The van der Waals surface area contributed by atoms with Gasteiger partial charge in [-0.15, -0.1) is 0 Å². The van der Waals surface area contributed by atoms with Crippen LogP contribution in [0.1, 0.15) is 49.9 Å². The summed E-state index contributed by atoms with van der Waals surface area (Å²) in [7, 11) is -1.77. The Morgan fingerprint density at radius 3 is 2.50 bits per heavy atom. The molecule has 210 valence electrons. The molecule has 0 radical (unpaired) electrons. The van der Waals surface area contributed by atoms with Crippen molar-refractivity contribution in [1.29, 1.82) is 0 Å². The molecular formula is C28H33N7O4S. The third-order valence-electron chi connectivity index (χ3n) is 7.53. The number of nitrogens with zero attached hydrogens (tertiary/aromatic N) is 5. The Morgan fingerprint density at radius 1 is 1.05 bits per heavy atom. The van der Waals surface area contributed by atoms with Gasteiger partial charge in [0, 0.05) is 43.2 Å². The number of pyridine rings is 1. The van der Waals surface area contributed by atoms with Crippen molar-refractivity contribution in [2.75, 3.05) is 23.5 Å². The van der Waals surface area contributed by atoms with E-state index in [2.05, 4.69) is 15.7 Å². The van der Waals surface area contributed by atoms with Crippen LogP contribution in [0, 0.1) is 19.8 Å². The molecule has 1 saturated heterocycles. The zero-order valence-corrected chi connectivity index (χ0v) is 23.9. The number of nitrogens with one attached hydrogen (secondary N) is 2. The van der Waals surface area contributed by atoms with Crippen LogP contribution in [-0.2, 0) is 26.4 Å². The summed E-state index contributed by atoms with van der Waals surface area (Å²) in [5.41, 5.74) is 4.43. The molecule has 11 nitrogen and oxygen atoms in total. The van der Waals surface area contributed by atoms with Gasteiger partial charge in [-0.2, -0.15) is 5.10 Å². The van der Waals surface area contributed by atoms with Gasteiger partial charge >= 0.3 is 0 Å². The van der Waals surface area contributed by atoms with Gasteiger partial charge in [0.15, 0.2) is 15.5 Å². The van der Waals surface area contributed by atoms with Gasteiger partial charge in [-0.05, 0) is 64.2 Å². The summed E-state index contributed by atoms with van der Waals surface area (Å²) in [6, 6.07) is 8.83. The average molecular weight is 564 g/mol. The van der Waals surface area contributed by atoms with Gasteiger partial charge in [0.2, 0.25) is 5.91 Å². The van der Waals surface area contributed by atoms with Crippen molar-refractivity contribution in [3.63, 3.8) is 0 Å². The second-order valence-corrected chi connectivity index (χ2v) is 12.7. The minimum atomic E-state index is -3.62. The van der Waals surface area contributed by atoms with Crippen LogP contribution in [0.15, 0.2) is 35.2 Å². The smallest absolute Gasteiger partial charge is 0.228 e. The minimum Gasteiger partial charge on any atom is -0.358 e. The number of fused-ring (bicyclic) bond motifs is 1. The molecular weight excluding hydrogens is 530 g/mol. The molecule has 40 heavy (non-hydrogen) atoms. The topological polar surface area (TPSA) is 133 Å². The molecule has 1 amide bonds. The molecule has 3 aromatic heterocycles. The van der Waals surface area contributed by atoms with Crippen molar-refractivity contribution in [3.8, 4) is 11.3 Å². The molecule has 1 unspecified atom stereocenters. The van der Waals surface area contributed by atoms with Gasteiger partial charge in [-0.3, -0.25) is 14.0 Å². The van der Waals surface area contributed by atoms with E-state index < -0.39 is 9.84 Å². The maximum atomic E-state index is 13.0. The number of carbonyl (C=O) groups excluding carboxylic acids is 1. The zero-order valence-electron chi connectivity index (χ0n) is 23.1. The van der Waals surface area contributed by atoms with E-state index in [0.29, 0.717) is 46.2 Å². The molecule has 12 heteroatoms. The molecule has 1 aliphatic carbocycles. The summed E-state index contributed by atoms with van der Waals surface area (Å²) < 4.78 is 35.7. The van der Waals surface area contributed by atoms with Crippen molar-refractivity contribution in [3.05, 3.63) is 41.9 Å². The van der Waals surface area contributed by atoms with Crippen LogP contribution in [-0.4, -0.2) is 51.5 Å². The molecule has 2 fully saturated rings. The van der Waals surface area contributed by atoms with Crippen LogP contribution >= 0.6 is 0 Å². The van der Waals surface area contributed by atoms with E-state index >= 15 is 0 Å². The van der Waals surface area contributed by atoms with Gasteiger partial charge in [-0.1, -0.05) is 6.07 Å². The molecule has 0 bridgehead atoms. The summed E-state index contributed by atoms with van der Waals surface area (Å²) in [5.74, 6) is 1.04. The molecule has 0 spiro atoms. The van der Waals surface area contributed by atoms with Gasteiger partial charge in [0.05, 0.1) is 22.0 Å². The second-order valence-electron chi connectivity index (χ2n) is 10.7. The highest BCUT2D eigenvalue weighted by Crippen LogP contribution is 2.37. The summed E-state index contributed by atoms with van der Waals surface area (Å²) in [4.78, 5) is 22.4. The molecule has 1 atom stereocenters. The fourth-order valence-corrected chi connectivity index (χ4v) is 5.98. The van der Waals surface area contributed by atoms with E-state index in [-0.39, 0.29) is 22.9 Å². The quantitative estimate of drug-likeness (QED) is 0.332. The Kier molecular flexibility index (Phi) is 6.62. The largest absolute Gasteiger partial charge is 0.358 e. The number of rotatable bonds is 7. The maximum absolute atomic E-state index is 13.0. The molecule has 2 N–H and O–H groups in total. The third-order valence-corrected chi connectivity index (χ3v) is 8.66. The maximum Gasteiger partial charge on any atom is 0.228 e. The number of carbonyl (C=O) groups is 1. The SMILES string of the molecule is Cc1cc(-c2ccc(Nc3cc(NC(=O)C4CC4)nc4c3nc(C)n4C3CCCCO3)c(S(C)(=O)=O)c2)nn1C. The van der Waals surface area contributed by atoms with Crippen molar-refractivity contribution in [2.24, 2.45) is 13.0 Å². The Balaban J connectivity index is 1.46. The van der Waals surface area contributed by atoms with E-state index in [1.54, 1.807) is 22.9 Å². The number of hydrogen-bond donors (Lipinski definition) is 2. The Morgan fingerprint density at radius 2 is 1.85 bits per heavy atom. The number of imidazole rings is 1. The van der Waals surface area contributed by atoms with E-state index in [0.717, 1.165) is 43.6 Å². The van der Waals surface area contributed by atoms with Crippen LogP contribution in [0.2, 0.25) is 0 Å². The number of aromatic nitrogens is 5. The van der Waals surface area contributed by atoms with Gasteiger partial charge < -0.3 is 15.4 Å². The third kappa shape index (κ3) is 5.08. The van der Waals surface area contributed by atoms with Crippen LogP contribution in [0.3, 0.4) is 0 Å². The van der Waals surface area contributed by atoms with Gasteiger partial charge in [0.25, 0.3) is 0 Å². The highest BCUT2D eigenvalue weighted by atomic mass is 32.2. The monoisotopic (exact) mass is 563 g/mol. The first-order valence-corrected chi connectivity index (χ1v) is 15.4. The number of aryl methyl sites for hydroxylation is 3. The van der Waals surface area contributed by atoms with E-state index in [4.69, 9.17) is 14.7 Å². The predicted octanol–water partition coefficient (Wildman–Crippen LogP) is 4.64. The number of anilines is 3. The minimum absolute atomic E-state index is 0.00171. The van der Waals surface area contributed by atoms with Crippen molar-refractivity contribution in [2.45, 2.75) is 57.1 Å². The van der Waals surface area contributed by atoms with Gasteiger partial charge in [0.1, 0.15) is 23.4 Å². The lowest BCUT2D eigenvalue weighted by Crippen LogP contribution is -2.20. The summed E-state index contributed by atoms with van der Waals surface area (Å²) in [5, 5.41) is 10.8. The first-order chi connectivity index (χ1) is 19.1. The number of hydrogen-bond acceptors (Lipinski definition) is 8. The summed E-state index contributed by atoms with van der Waals surface area (Å²) in [6.07, 6.45) is 5.59. The number of amides is 1. The molecule has 4 aromatic rings. The van der Waals surface area contributed by atoms with Crippen molar-refractivity contribution >= 4 is 44.1 Å². The Hall–Kier alpha value is -3.77. The number of benzene rings is 1.